The lowest BCUT2D eigenvalue weighted by Crippen LogP contribution is -2.48. The molecule has 1 saturated heterocycles. The number of carbonyl (C=O) groups excluding carboxylic acids is 2. The lowest BCUT2D eigenvalue weighted by Gasteiger charge is -2.34. The first kappa shape index (κ1) is 16.2. The molecule has 0 saturated carbocycles. The highest BCUT2D eigenvalue weighted by Gasteiger charge is 2.22. The van der Waals surface area contributed by atoms with E-state index in [1.807, 2.05) is 31.7 Å². The van der Waals surface area contributed by atoms with Gasteiger partial charge in [-0.05, 0) is 12.1 Å². The summed E-state index contributed by atoms with van der Waals surface area (Å²) in [6.45, 7) is 9.99. The van der Waals surface area contributed by atoms with Crippen molar-refractivity contribution in [3.8, 4) is 0 Å². The quantitative estimate of drug-likeness (QED) is 0.886. The molecule has 1 aromatic heterocycles. The molecule has 2 heterocycles. The molecule has 0 atom stereocenters. The first-order valence-electron chi connectivity index (χ1n) is 7.43. The van der Waals surface area contributed by atoms with Gasteiger partial charge in [0.2, 0.25) is 11.8 Å². The predicted octanol–water partition coefficient (Wildman–Crippen LogP) is 1.13. The van der Waals surface area contributed by atoms with Gasteiger partial charge in [0, 0.05) is 38.5 Å². The van der Waals surface area contributed by atoms with Crippen LogP contribution < -0.4 is 10.2 Å². The number of carbonyl (C=O) groups is 2. The highest BCUT2D eigenvalue weighted by Crippen LogP contribution is 2.18. The van der Waals surface area contributed by atoms with E-state index in [1.165, 1.54) is 0 Å². The van der Waals surface area contributed by atoms with E-state index in [2.05, 4.69) is 20.4 Å². The summed E-state index contributed by atoms with van der Waals surface area (Å²) in [4.78, 5) is 27.1. The summed E-state index contributed by atoms with van der Waals surface area (Å²) < 4.78 is 0. The third-order valence-corrected chi connectivity index (χ3v) is 3.62. The van der Waals surface area contributed by atoms with Crippen LogP contribution in [0.3, 0.4) is 0 Å². The van der Waals surface area contributed by atoms with E-state index in [0.29, 0.717) is 18.9 Å². The maximum Gasteiger partial charge on any atom is 0.230 e. The molecule has 1 aliphatic rings. The fourth-order valence-electron chi connectivity index (χ4n) is 2.11. The normalized spacial score (nSPS) is 15.6. The molecule has 7 nitrogen and oxygen atoms in total. The Kier molecular flexibility index (Phi) is 4.63. The molecule has 0 bridgehead atoms. The summed E-state index contributed by atoms with van der Waals surface area (Å²) in [6, 6.07) is 3.60. The fraction of sp³-hybridized carbons (Fsp3) is 0.600. The number of nitrogens with zero attached hydrogens (tertiary/aromatic N) is 4. The van der Waals surface area contributed by atoms with Crippen molar-refractivity contribution in [2.75, 3.05) is 36.4 Å². The molecular weight excluding hydrogens is 282 g/mol. The topological polar surface area (TPSA) is 78.4 Å². The Morgan fingerprint density at radius 2 is 1.73 bits per heavy atom. The Balaban J connectivity index is 1.95. The van der Waals surface area contributed by atoms with Crippen LogP contribution in [0.15, 0.2) is 12.1 Å². The second-order valence-corrected chi connectivity index (χ2v) is 6.47. The Hall–Kier alpha value is -2.18. The van der Waals surface area contributed by atoms with E-state index in [-0.39, 0.29) is 11.8 Å². The summed E-state index contributed by atoms with van der Waals surface area (Å²) in [6.07, 6.45) is 0. The minimum atomic E-state index is -0.469. The van der Waals surface area contributed by atoms with Gasteiger partial charge in [-0.15, -0.1) is 10.2 Å². The molecule has 2 amide bonds. The minimum absolute atomic E-state index is 0.0929. The van der Waals surface area contributed by atoms with Crippen molar-refractivity contribution in [3.63, 3.8) is 0 Å². The summed E-state index contributed by atoms with van der Waals surface area (Å²) in [5.74, 6) is 1.22. The zero-order valence-corrected chi connectivity index (χ0v) is 13.6. The Morgan fingerprint density at radius 3 is 2.18 bits per heavy atom. The number of anilines is 2. The number of aromatic nitrogens is 2. The summed E-state index contributed by atoms with van der Waals surface area (Å²) in [5.41, 5.74) is -0.469. The number of hydrogen-bond acceptors (Lipinski definition) is 5. The van der Waals surface area contributed by atoms with Crippen molar-refractivity contribution in [1.82, 2.24) is 15.1 Å². The largest absolute Gasteiger partial charge is 0.352 e. The van der Waals surface area contributed by atoms with Gasteiger partial charge in [-0.2, -0.15) is 0 Å². The van der Waals surface area contributed by atoms with Crippen molar-refractivity contribution in [3.05, 3.63) is 12.1 Å². The van der Waals surface area contributed by atoms with Gasteiger partial charge in [-0.3, -0.25) is 9.59 Å². The molecule has 0 spiro atoms. The van der Waals surface area contributed by atoms with E-state index >= 15 is 0 Å². The Bertz CT molecular complexity index is 542. The van der Waals surface area contributed by atoms with Gasteiger partial charge < -0.3 is 15.1 Å². The van der Waals surface area contributed by atoms with Crippen LogP contribution in [-0.2, 0) is 9.59 Å². The van der Waals surface area contributed by atoms with Gasteiger partial charge in [0.1, 0.15) is 0 Å². The summed E-state index contributed by atoms with van der Waals surface area (Å²) in [7, 11) is 0. The highest BCUT2D eigenvalue weighted by atomic mass is 16.2. The predicted molar refractivity (Wildman–Crippen MR) is 84.6 cm³/mol. The molecule has 0 radical (unpaired) electrons. The molecule has 22 heavy (non-hydrogen) atoms. The van der Waals surface area contributed by atoms with Crippen LogP contribution in [0.2, 0.25) is 0 Å². The maximum absolute atomic E-state index is 11.9. The third kappa shape index (κ3) is 3.93. The third-order valence-electron chi connectivity index (χ3n) is 3.62. The van der Waals surface area contributed by atoms with Gasteiger partial charge in [-0.25, -0.2) is 0 Å². The van der Waals surface area contributed by atoms with Gasteiger partial charge in [0.05, 0.1) is 0 Å². The van der Waals surface area contributed by atoms with Crippen molar-refractivity contribution in [2.24, 2.45) is 5.41 Å². The van der Waals surface area contributed by atoms with Gasteiger partial charge in [0.15, 0.2) is 11.6 Å². The highest BCUT2D eigenvalue weighted by molar-refractivity contribution is 5.93. The second-order valence-electron chi connectivity index (χ2n) is 6.47. The molecule has 1 aliphatic heterocycles. The average Bonchev–Trinajstić information content (AvgIpc) is 2.47. The van der Waals surface area contributed by atoms with E-state index in [4.69, 9.17) is 0 Å². The molecule has 0 aromatic carbocycles. The fourth-order valence-corrected chi connectivity index (χ4v) is 2.11. The van der Waals surface area contributed by atoms with Crippen LogP contribution in [0, 0.1) is 5.41 Å². The van der Waals surface area contributed by atoms with Crippen LogP contribution in [0.4, 0.5) is 11.6 Å². The van der Waals surface area contributed by atoms with E-state index in [9.17, 15) is 9.59 Å². The Morgan fingerprint density at radius 1 is 1.09 bits per heavy atom. The molecule has 1 fully saturated rings. The molecule has 1 aromatic rings. The molecule has 0 aliphatic carbocycles. The average molecular weight is 305 g/mol. The van der Waals surface area contributed by atoms with E-state index in [0.717, 1.165) is 18.9 Å². The van der Waals surface area contributed by atoms with Gasteiger partial charge >= 0.3 is 0 Å². The molecule has 7 heteroatoms. The second kappa shape index (κ2) is 6.29. The van der Waals surface area contributed by atoms with Crippen LogP contribution >= 0.6 is 0 Å². The number of hydrogen-bond donors (Lipinski definition) is 1. The molecule has 120 valence electrons. The van der Waals surface area contributed by atoms with Crippen molar-refractivity contribution >= 4 is 23.5 Å². The van der Waals surface area contributed by atoms with Crippen LogP contribution in [0.5, 0.6) is 0 Å². The van der Waals surface area contributed by atoms with Crippen LogP contribution in [0.1, 0.15) is 27.7 Å². The van der Waals surface area contributed by atoms with Gasteiger partial charge in [-0.1, -0.05) is 20.8 Å². The van der Waals surface area contributed by atoms with E-state index < -0.39 is 5.41 Å². The molecule has 1 N–H and O–H groups in total. The maximum atomic E-state index is 11.9. The first-order valence-corrected chi connectivity index (χ1v) is 7.43. The smallest absolute Gasteiger partial charge is 0.230 e. The lowest BCUT2D eigenvalue weighted by atomic mass is 9.96. The number of rotatable bonds is 2. The zero-order valence-electron chi connectivity index (χ0n) is 13.6. The number of nitrogens with one attached hydrogen (secondary N) is 1. The van der Waals surface area contributed by atoms with Crippen LogP contribution in [-0.4, -0.2) is 53.1 Å². The number of amides is 2. The number of piperazine rings is 1. The molecular formula is C15H23N5O2. The van der Waals surface area contributed by atoms with Crippen molar-refractivity contribution < 1.29 is 9.59 Å². The molecule has 0 unspecified atom stereocenters. The minimum Gasteiger partial charge on any atom is -0.352 e. The van der Waals surface area contributed by atoms with Crippen molar-refractivity contribution in [1.29, 1.82) is 0 Å². The standard InChI is InChI=1S/C15H23N5O2/c1-11(21)19-7-9-20(10-8-19)13-6-5-12(17-18-13)16-14(22)15(2,3)4/h5-6H,7-10H2,1-4H3,(H,16,17,22). The lowest BCUT2D eigenvalue weighted by molar-refractivity contribution is -0.129. The molecule has 2 rings (SSSR count). The Labute approximate surface area is 130 Å². The SMILES string of the molecule is CC(=O)N1CCN(c2ccc(NC(=O)C(C)(C)C)nn2)CC1. The summed E-state index contributed by atoms with van der Waals surface area (Å²) >= 11 is 0. The van der Waals surface area contributed by atoms with Gasteiger partial charge in [0.25, 0.3) is 0 Å². The monoisotopic (exact) mass is 305 g/mol. The zero-order chi connectivity index (χ0) is 16.3. The van der Waals surface area contributed by atoms with Crippen LogP contribution in [0.25, 0.3) is 0 Å². The summed E-state index contributed by atoms with van der Waals surface area (Å²) in [5, 5.41) is 11.0. The van der Waals surface area contributed by atoms with E-state index in [1.54, 1.807) is 13.0 Å². The van der Waals surface area contributed by atoms with Crippen molar-refractivity contribution in [2.45, 2.75) is 27.7 Å². The first-order chi connectivity index (χ1) is 10.3.